The first-order chi connectivity index (χ1) is 12.1. The van der Waals surface area contributed by atoms with E-state index in [9.17, 15) is 19.6 Å². The van der Waals surface area contributed by atoms with Crippen molar-refractivity contribution < 1.29 is 14.3 Å². The maximum Gasteiger partial charge on any atom is 0.359 e. The monoisotopic (exact) mass is 362 g/mol. The first-order valence-corrected chi connectivity index (χ1v) is 8.67. The first kappa shape index (κ1) is 21.4. The van der Waals surface area contributed by atoms with E-state index < -0.39 is 23.5 Å². The fourth-order valence-electron chi connectivity index (χ4n) is 1.96. The topological polar surface area (TPSA) is 114 Å². The van der Waals surface area contributed by atoms with Crippen molar-refractivity contribution in [3.05, 3.63) is 28.2 Å². The number of nitriles is 1. The van der Waals surface area contributed by atoms with Crippen LogP contribution in [0.4, 0.5) is 0 Å². The summed E-state index contributed by atoms with van der Waals surface area (Å²) in [5, 5.41) is 15.8. The Balaban J connectivity index is 2.82. The molecule has 2 atom stereocenters. The van der Waals surface area contributed by atoms with Crippen LogP contribution in [-0.2, 0) is 16.1 Å². The second-order valence-corrected chi connectivity index (χ2v) is 6.64. The highest BCUT2D eigenvalue weighted by Crippen LogP contribution is 2.15. The van der Waals surface area contributed by atoms with E-state index in [2.05, 4.69) is 16.5 Å². The molecule has 0 aliphatic carbocycles. The van der Waals surface area contributed by atoms with Crippen molar-refractivity contribution in [1.82, 2.24) is 15.1 Å². The van der Waals surface area contributed by atoms with Gasteiger partial charge in [-0.25, -0.2) is 9.48 Å². The second kappa shape index (κ2) is 9.13. The molecule has 0 radical (unpaired) electrons. The number of aryl methyl sites for hydroxylation is 1. The van der Waals surface area contributed by atoms with Gasteiger partial charge >= 0.3 is 5.97 Å². The number of unbranched alkanes of at least 4 members (excludes halogenated alkanes) is 1. The molecule has 1 aromatic heterocycles. The molecule has 8 nitrogen and oxygen atoms in total. The number of rotatable bonds is 8. The summed E-state index contributed by atoms with van der Waals surface area (Å²) in [6.45, 7) is 9.03. The molecule has 0 unspecified atom stereocenters. The van der Waals surface area contributed by atoms with Crippen LogP contribution in [0.15, 0.2) is 16.9 Å². The van der Waals surface area contributed by atoms with Gasteiger partial charge in [-0.1, -0.05) is 27.2 Å². The molecule has 0 saturated heterocycles. The number of nitrogens with zero attached hydrogens (tertiary/aromatic N) is 3. The van der Waals surface area contributed by atoms with Gasteiger partial charge in [-0.05, 0) is 32.3 Å². The number of amides is 1. The van der Waals surface area contributed by atoms with Gasteiger partial charge in [0.2, 0.25) is 0 Å². The van der Waals surface area contributed by atoms with Crippen LogP contribution >= 0.6 is 0 Å². The first-order valence-electron chi connectivity index (χ1n) is 8.67. The Morgan fingerprint density at radius 2 is 2.04 bits per heavy atom. The van der Waals surface area contributed by atoms with Crippen LogP contribution in [0.5, 0.6) is 0 Å². The van der Waals surface area contributed by atoms with Crippen LogP contribution in [0.2, 0.25) is 0 Å². The predicted octanol–water partition coefficient (Wildman–Crippen LogP) is 1.64. The zero-order valence-electron chi connectivity index (χ0n) is 15.9. The summed E-state index contributed by atoms with van der Waals surface area (Å²) < 4.78 is 6.33. The molecule has 0 aliphatic rings. The van der Waals surface area contributed by atoms with Crippen LogP contribution in [-0.4, -0.2) is 33.3 Å². The minimum absolute atomic E-state index is 0.0488. The van der Waals surface area contributed by atoms with E-state index in [1.165, 1.54) is 23.7 Å². The third kappa shape index (κ3) is 5.41. The van der Waals surface area contributed by atoms with Gasteiger partial charge in [0, 0.05) is 12.6 Å². The summed E-state index contributed by atoms with van der Waals surface area (Å²) >= 11 is 0. The molecular formula is C18H26N4O4. The fourth-order valence-corrected chi connectivity index (χ4v) is 1.96. The van der Waals surface area contributed by atoms with Gasteiger partial charge in [0.1, 0.15) is 5.54 Å². The number of nitrogens with one attached hydrogen (secondary N) is 1. The molecular weight excluding hydrogens is 336 g/mol. The van der Waals surface area contributed by atoms with Gasteiger partial charge in [-0.15, -0.1) is 0 Å². The van der Waals surface area contributed by atoms with E-state index in [0.29, 0.717) is 6.54 Å². The standard InChI is InChI=1S/C18H26N4O4/c1-6-7-10-22-15(23)9-8-14(21-22)17(25)26-13(4)16(24)20-18(5,11-19)12(2)3/h8-9,12-13H,6-7,10H2,1-5H3,(H,20,24)/t13-,18-/m1/s1. The van der Waals surface area contributed by atoms with Gasteiger partial charge in [0.25, 0.3) is 11.5 Å². The fraction of sp³-hybridized carbons (Fsp3) is 0.611. The maximum absolute atomic E-state index is 12.2. The summed E-state index contributed by atoms with van der Waals surface area (Å²) in [6.07, 6.45) is 0.534. The van der Waals surface area contributed by atoms with Gasteiger partial charge in [-0.2, -0.15) is 10.4 Å². The lowest BCUT2D eigenvalue weighted by Crippen LogP contribution is -2.52. The van der Waals surface area contributed by atoms with Crippen molar-refractivity contribution in [2.75, 3.05) is 0 Å². The minimum Gasteiger partial charge on any atom is -0.448 e. The van der Waals surface area contributed by atoms with Gasteiger partial charge in [0.05, 0.1) is 6.07 Å². The Bertz CT molecular complexity index is 750. The Hall–Kier alpha value is -2.69. The third-order valence-corrected chi connectivity index (χ3v) is 4.22. The Labute approximate surface area is 153 Å². The summed E-state index contributed by atoms with van der Waals surface area (Å²) in [5.41, 5.74) is -1.42. The summed E-state index contributed by atoms with van der Waals surface area (Å²) in [7, 11) is 0. The maximum atomic E-state index is 12.2. The molecule has 0 aliphatic heterocycles. The molecule has 0 spiro atoms. The Morgan fingerprint density at radius 1 is 1.38 bits per heavy atom. The molecule has 8 heteroatoms. The normalized spacial score (nSPS) is 14.2. The largest absolute Gasteiger partial charge is 0.448 e. The van der Waals surface area contributed by atoms with Crippen molar-refractivity contribution >= 4 is 11.9 Å². The Kier molecular flexibility index (Phi) is 7.50. The van der Waals surface area contributed by atoms with E-state index in [1.54, 1.807) is 6.92 Å². The second-order valence-electron chi connectivity index (χ2n) is 6.64. The van der Waals surface area contributed by atoms with E-state index in [0.717, 1.165) is 12.8 Å². The van der Waals surface area contributed by atoms with E-state index >= 15 is 0 Å². The number of carbonyl (C=O) groups excluding carboxylic acids is 2. The van der Waals surface area contributed by atoms with Crippen LogP contribution in [0.25, 0.3) is 0 Å². The minimum atomic E-state index is -1.10. The number of ether oxygens (including phenoxy) is 1. The van der Waals surface area contributed by atoms with Crippen molar-refractivity contribution in [3.8, 4) is 6.07 Å². The van der Waals surface area contributed by atoms with Crippen molar-refractivity contribution in [2.45, 2.75) is 65.6 Å². The molecule has 1 aromatic rings. The molecule has 1 N–H and O–H groups in total. The average Bonchev–Trinajstić information content (AvgIpc) is 2.60. The van der Waals surface area contributed by atoms with E-state index in [1.807, 2.05) is 20.8 Å². The van der Waals surface area contributed by atoms with Crippen molar-refractivity contribution in [3.63, 3.8) is 0 Å². The molecule has 0 fully saturated rings. The highest BCUT2D eigenvalue weighted by Gasteiger charge is 2.32. The molecule has 1 heterocycles. The molecule has 1 rings (SSSR count). The van der Waals surface area contributed by atoms with Crippen molar-refractivity contribution in [1.29, 1.82) is 5.26 Å². The highest BCUT2D eigenvalue weighted by atomic mass is 16.5. The Morgan fingerprint density at radius 3 is 2.58 bits per heavy atom. The lowest BCUT2D eigenvalue weighted by atomic mass is 9.90. The van der Waals surface area contributed by atoms with Crippen LogP contribution in [0.1, 0.15) is 57.9 Å². The predicted molar refractivity (Wildman–Crippen MR) is 95.3 cm³/mol. The third-order valence-electron chi connectivity index (χ3n) is 4.22. The zero-order chi connectivity index (χ0) is 19.9. The SMILES string of the molecule is CCCCn1nc(C(=O)O[C@H](C)C(=O)N[C@](C)(C#N)C(C)C)ccc1=O. The van der Waals surface area contributed by atoms with Crippen LogP contribution in [0.3, 0.4) is 0 Å². The summed E-state index contributed by atoms with van der Waals surface area (Å²) in [4.78, 5) is 36.2. The number of aromatic nitrogens is 2. The van der Waals surface area contributed by atoms with Crippen LogP contribution < -0.4 is 10.9 Å². The van der Waals surface area contributed by atoms with Gasteiger partial charge in [0.15, 0.2) is 11.8 Å². The molecule has 1 amide bonds. The number of esters is 1. The van der Waals surface area contributed by atoms with Gasteiger partial charge in [-0.3, -0.25) is 9.59 Å². The highest BCUT2D eigenvalue weighted by molar-refractivity contribution is 5.90. The molecule has 0 saturated carbocycles. The summed E-state index contributed by atoms with van der Waals surface area (Å²) in [5.74, 6) is -1.50. The number of hydrogen-bond donors (Lipinski definition) is 1. The smallest absolute Gasteiger partial charge is 0.359 e. The van der Waals surface area contributed by atoms with Crippen molar-refractivity contribution in [2.24, 2.45) is 5.92 Å². The molecule has 142 valence electrons. The lowest BCUT2D eigenvalue weighted by molar-refractivity contribution is -0.130. The number of hydrogen-bond acceptors (Lipinski definition) is 6. The molecule has 0 aromatic carbocycles. The lowest BCUT2D eigenvalue weighted by Gasteiger charge is -2.28. The molecule has 0 bridgehead atoms. The van der Waals surface area contributed by atoms with Gasteiger partial charge < -0.3 is 10.1 Å². The summed E-state index contributed by atoms with van der Waals surface area (Å²) in [6, 6.07) is 4.57. The average molecular weight is 362 g/mol. The van der Waals surface area contributed by atoms with E-state index in [-0.39, 0.29) is 17.2 Å². The van der Waals surface area contributed by atoms with E-state index in [4.69, 9.17) is 4.74 Å². The molecule has 26 heavy (non-hydrogen) atoms. The van der Waals surface area contributed by atoms with Crippen LogP contribution in [0, 0.1) is 17.2 Å². The zero-order valence-corrected chi connectivity index (χ0v) is 15.9. The quantitative estimate of drug-likeness (QED) is 0.703. The number of carbonyl (C=O) groups is 2.